The average molecular weight is 485 g/mol. The largest absolute Gasteiger partial charge is 0.476 e. The molecule has 3 aromatic rings. The maximum absolute atomic E-state index is 13.0. The second kappa shape index (κ2) is 10.3. The number of alkyl halides is 2. The highest BCUT2D eigenvalue weighted by molar-refractivity contribution is 5.86. The number of hydrogen-bond donors (Lipinski definition) is 3. The molecular formula is C24H21F2N3O6. The van der Waals surface area contributed by atoms with E-state index in [1.165, 1.54) is 0 Å². The van der Waals surface area contributed by atoms with Gasteiger partial charge in [-0.25, -0.2) is 18.4 Å². The van der Waals surface area contributed by atoms with Crippen LogP contribution in [0.5, 0.6) is 0 Å². The number of carboxylic acids is 1. The second-order valence-electron chi connectivity index (χ2n) is 7.85. The van der Waals surface area contributed by atoms with Gasteiger partial charge in [-0.15, -0.1) is 0 Å². The van der Waals surface area contributed by atoms with Crippen LogP contribution in [0.3, 0.4) is 0 Å². The number of nitrogens with one attached hydrogen (secondary N) is 2. The molecule has 3 N–H and O–H groups in total. The van der Waals surface area contributed by atoms with Crippen LogP contribution in [0.4, 0.5) is 13.6 Å². The van der Waals surface area contributed by atoms with Gasteiger partial charge in [-0.2, -0.15) is 0 Å². The molecule has 4 rings (SSSR count). The van der Waals surface area contributed by atoms with E-state index in [9.17, 15) is 23.2 Å². The lowest BCUT2D eigenvalue weighted by Gasteiger charge is -2.19. The zero-order valence-corrected chi connectivity index (χ0v) is 18.2. The first-order valence-electron chi connectivity index (χ1n) is 10.7. The van der Waals surface area contributed by atoms with Gasteiger partial charge < -0.3 is 25.0 Å². The Hall–Kier alpha value is -4.28. The molecule has 0 aliphatic heterocycles. The first kappa shape index (κ1) is 23.9. The number of benzene rings is 2. The molecule has 1 aliphatic rings. The zero-order valence-electron chi connectivity index (χ0n) is 18.2. The number of carbonyl (C=O) groups excluding carboxylic acids is 2. The summed E-state index contributed by atoms with van der Waals surface area (Å²) in [6, 6.07) is 14.9. The highest BCUT2D eigenvalue weighted by atomic mass is 19.3. The predicted octanol–water partition coefficient (Wildman–Crippen LogP) is 3.55. The Morgan fingerprint density at radius 1 is 1.06 bits per heavy atom. The lowest BCUT2D eigenvalue weighted by Crippen LogP contribution is -2.47. The van der Waals surface area contributed by atoms with Gasteiger partial charge in [-0.1, -0.05) is 53.7 Å². The third-order valence-corrected chi connectivity index (χ3v) is 5.58. The van der Waals surface area contributed by atoms with Crippen molar-refractivity contribution in [3.63, 3.8) is 0 Å². The topological polar surface area (TPSA) is 131 Å². The van der Waals surface area contributed by atoms with Crippen molar-refractivity contribution in [1.82, 2.24) is 15.8 Å². The number of amides is 2. The fourth-order valence-electron chi connectivity index (χ4n) is 3.99. The molecule has 1 aliphatic carbocycles. The fraction of sp³-hybridized carbons (Fsp3) is 0.250. The second-order valence-corrected chi connectivity index (χ2v) is 7.85. The summed E-state index contributed by atoms with van der Waals surface area (Å²) in [4.78, 5) is 35.7. The van der Waals surface area contributed by atoms with Crippen LogP contribution in [0.25, 0.3) is 11.1 Å². The van der Waals surface area contributed by atoms with Crippen molar-refractivity contribution in [3.05, 3.63) is 77.2 Å². The summed E-state index contributed by atoms with van der Waals surface area (Å²) >= 11 is 0. The lowest BCUT2D eigenvalue weighted by molar-refractivity contribution is -0.124. The van der Waals surface area contributed by atoms with Gasteiger partial charge in [-0.3, -0.25) is 4.79 Å². The fourth-order valence-corrected chi connectivity index (χ4v) is 3.99. The molecule has 1 heterocycles. The minimum atomic E-state index is -2.87. The molecule has 1 atom stereocenters. The monoisotopic (exact) mass is 485 g/mol. The Kier molecular flexibility index (Phi) is 7.04. The molecule has 2 amide bonds. The van der Waals surface area contributed by atoms with Crippen LogP contribution in [0.15, 0.2) is 59.1 Å². The van der Waals surface area contributed by atoms with Crippen molar-refractivity contribution in [2.24, 2.45) is 0 Å². The summed E-state index contributed by atoms with van der Waals surface area (Å²) in [6.07, 6.45) is -4.82. The van der Waals surface area contributed by atoms with Crippen molar-refractivity contribution in [3.8, 4) is 11.1 Å². The molecular weight excluding hydrogens is 464 g/mol. The summed E-state index contributed by atoms with van der Waals surface area (Å²) in [5, 5.41) is 16.6. The molecule has 2 aromatic carbocycles. The number of hydrogen-bond acceptors (Lipinski definition) is 6. The number of halogens is 2. The highest BCUT2D eigenvalue weighted by Gasteiger charge is 2.30. The number of carboxylic acid groups (broad SMARTS) is 1. The van der Waals surface area contributed by atoms with Crippen LogP contribution >= 0.6 is 0 Å². The van der Waals surface area contributed by atoms with Gasteiger partial charge in [0.2, 0.25) is 12.3 Å². The van der Waals surface area contributed by atoms with E-state index in [1.54, 1.807) is 0 Å². The minimum absolute atomic E-state index is 0.00712. The Morgan fingerprint density at radius 2 is 1.69 bits per heavy atom. The molecule has 1 unspecified atom stereocenters. The molecule has 0 saturated heterocycles. The first-order chi connectivity index (χ1) is 16.8. The van der Waals surface area contributed by atoms with Crippen molar-refractivity contribution < 1.29 is 37.5 Å². The quantitative estimate of drug-likeness (QED) is 0.422. The number of alkyl carbamates (subject to hydrolysis) is 1. The molecule has 1 aromatic heterocycles. The minimum Gasteiger partial charge on any atom is -0.476 e. The number of carbonyl (C=O) groups is 3. The Bertz CT molecular complexity index is 1200. The summed E-state index contributed by atoms with van der Waals surface area (Å²) in [7, 11) is 0. The van der Waals surface area contributed by atoms with Crippen LogP contribution < -0.4 is 10.6 Å². The normalized spacial score (nSPS) is 13.1. The van der Waals surface area contributed by atoms with Crippen LogP contribution in [0.2, 0.25) is 0 Å². The van der Waals surface area contributed by atoms with Crippen molar-refractivity contribution >= 4 is 18.0 Å². The number of rotatable bonds is 9. The van der Waals surface area contributed by atoms with E-state index >= 15 is 0 Å². The van der Waals surface area contributed by atoms with E-state index in [2.05, 4.69) is 15.8 Å². The van der Waals surface area contributed by atoms with E-state index in [-0.39, 0.29) is 30.5 Å². The average Bonchev–Trinajstić information content (AvgIpc) is 3.44. The first-order valence-corrected chi connectivity index (χ1v) is 10.7. The van der Waals surface area contributed by atoms with Gasteiger partial charge in [0.05, 0.1) is 6.54 Å². The molecule has 35 heavy (non-hydrogen) atoms. The van der Waals surface area contributed by atoms with Gasteiger partial charge in [0.1, 0.15) is 12.6 Å². The van der Waals surface area contributed by atoms with Crippen LogP contribution in [0, 0.1) is 0 Å². The van der Waals surface area contributed by atoms with Crippen LogP contribution in [-0.4, -0.2) is 47.3 Å². The van der Waals surface area contributed by atoms with Gasteiger partial charge in [0.25, 0.3) is 0 Å². The molecule has 0 spiro atoms. The standard InChI is InChI=1S/C24H21F2N3O6/c25-21(26)10-19(22(30)27-11-13-9-20(23(31)32)29-35-13)28-24(33)34-12-18-16-7-3-1-5-14(16)15-6-2-4-8-17(15)18/h1-9,18-19,21H,10-12H2,(H,27,30)(H,28,33)(H,31,32). The zero-order chi connectivity index (χ0) is 24.9. The van der Waals surface area contributed by atoms with Crippen molar-refractivity contribution in [2.75, 3.05) is 6.61 Å². The van der Waals surface area contributed by atoms with E-state index < -0.39 is 36.9 Å². The molecule has 11 heteroatoms. The SMILES string of the molecule is O=C(NC(CC(F)F)C(=O)NCc1cc(C(=O)O)no1)OCC1c2ccccc2-c2ccccc21. The molecule has 182 valence electrons. The van der Waals surface area contributed by atoms with Gasteiger partial charge in [-0.05, 0) is 22.3 Å². The Morgan fingerprint density at radius 3 is 2.26 bits per heavy atom. The van der Waals surface area contributed by atoms with E-state index in [0.29, 0.717) is 0 Å². The maximum Gasteiger partial charge on any atom is 0.407 e. The smallest absolute Gasteiger partial charge is 0.407 e. The lowest BCUT2D eigenvalue weighted by atomic mass is 9.98. The van der Waals surface area contributed by atoms with Crippen molar-refractivity contribution in [1.29, 1.82) is 0 Å². The van der Waals surface area contributed by atoms with Crippen molar-refractivity contribution in [2.45, 2.75) is 31.4 Å². The third kappa shape index (κ3) is 5.45. The number of fused-ring (bicyclic) bond motifs is 3. The van der Waals surface area contributed by atoms with E-state index in [1.807, 2.05) is 48.5 Å². The summed E-state index contributed by atoms with van der Waals surface area (Å²) < 4.78 is 36.2. The summed E-state index contributed by atoms with van der Waals surface area (Å²) in [5.41, 5.74) is 3.67. The molecule has 0 radical (unpaired) electrons. The van der Waals surface area contributed by atoms with E-state index in [0.717, 1.165) is 28.3 Å². The molecule has 0 bridgehead atoms. The number of aromatic carboxylic acids is 1. The molecule has 0 fully saturated rings. The van der Waals surface area contributed by atoms with Gasteiger partial charge >= 0.3 is 12.1 Å². The highest BCUT2D eigenvalue weighted by Crippen LogP contribution is 2.44. The van der Waals surface area contributed by atoms with Gasteiger partial charge in [0.15, 0.2) is 11.5 Å². The maximum atomic E-state index is 13.0. The number of nitrogens with zero attached hydrogens (tertiary/aromatic N) is 1. The van der Waals surface area contributed by atoms with Crippen LogP contribution in [0.1, 0.15) is 39.7 Å². The Labute approximate surface area is 198 Å². The summed E-state index contributed by atoms with van der Waals surface area (Å²) in [6.45, 7) is -0.343. The van der Waals surface area contributed by atoms with E-state index in [4.69, 9.17) is 14.4 Å². The molecule has 0 saturated carbocycles. The number of ether oxygens (including phenoxy) is 1. The molecule has 9 nitrogen and oxygen atoms in total. The van der Waals surface area contributed by atoms with Gasteiger partial charge in [0, 0.05) is 18.4 Å². The number of aromatic nitrogens is 1. The third-order valence-electron chi connectivity index (χ3n) is 5.58. The predicted molar refractivity (Wildman–Crippen MR) is 118 cm³/mol. The summed E-state index contributed by atoms with van der Waals surface area (Å²) in [5.74, 6) is -2.45. The Balaban J connectivity index is 1.37. The van der Waals surface area contributed by atoms with Crippen LogP contribution in [-0.2, 0) is 16.1 Å².